The molecular weight excluding hydrogens is 482 g/mol. The maximum atomic E-state index is 13.1. The number of alkyl halides is 2. The van der Waals surface area contributed by atoms with E-state index in [9.17, 15) is 8.78 Å². The second kappa shape index (κ2) is 12.6. The summed E-state index contributed by atoms with van der Waals surface area (Å²) in [5.41, 5.74) is 6.45. The summed E-state index contributed by atoms with van der Waals surface area (Å²) >= 11 is 0. The van der Waals surface area contributed by atoms with Crippen molar-refractivity contribution in [1.29, 1.82) is 0 Å². The molecule has 0 fully saturated rings. The molecule has 0 bridgehead atoms. The highest BCUT2D eigenvalue weighted by atomic mass is 19.3. The standard InChI is InChI=1S/C31H32F2N4O/c32-31(33)38-29-11-4-2-8-26(29)22-37(30-17-16-25-7-1-3-10-28(25)36-30)21-24-14-12-23(13-15-24)19-34-20-27-9-5-6-18-35-27/h2,4-6,8-9,11-18,31,34H,1,3,7,10,19-22H2. The van der Waals surface area contributed by atoms with Gasteiger partial charge in [0.05, 0.1) is 5.69 Å². The first-order valence-corrected chi connectivity index (χ1v) is 13.1. The van der Waals surface area contributed by atoms with Crippen molar-refractivity contribution in [2.45, 2.75) is 58.5 Å². The van der Waals surface area contributed by atoms with E-state index in [2.05, 4.69) is 51.6 Å². The topological polar surface area (TPSA) is 50.3 Å². The van der Waals surface area contributed by atoms with Gasteiger partial charge in [-0.25, -0.2) is 4.98 Å². The number of hydrogen-bond acceptors (Lipinski definition) is 5. The van der Waals surface area contributed by atoms with Gasteiger partial charge in [0.25, 0.3) is 0 Å². The lowest BCUT2D eigenvalue weighted by Gasteiger charge is -2.27. The molecule has 7 heteroatoms. The van der Waals surface area contributed by atoms with Gasteiger partial charge in [-0.05, 0) is 66.6 Å². The Morgan fingerprint density at radius 2 is 1.61 bits per heavy atom. The zero-order valence-electron chi connectivity index (χ0n) is 21.3. The Morgan fingerprint density at radius 3 is 2.42 bits per heavy atom. The Morgan fingerprint density at radius 1 is 0.816 bits per heavy atom. The lowest BCUT2D eigenvalue weighted by Crippen LogP contribution is -2.24. The van der Waals surface area contributed by atoms with Gasteiger partial charge in [-0.2, -0.15) is 8.78 Å². The fourth-order valence-corrected chi connectivity index (χ4v) is 4.84. The number of nitrogens with one attached hydrogen (secondary N) is 1. The number of pyridine rings is 2. The number of fused-ring (bicyclic) bond motifs is 1. The van der Waals surface area contributed by atoms with E-state index < -0.39 is 6.61 Å². The third kappa shape index (κ3) is 6.92. The molecule has 0 unspecified atom stereocenters. The van der Waals surface area contributed by atoms with Gasteiger partial charge in [0.15, 0.2) is 0 Å². The molecule has 1 aliphatic carbocycles. The number of hydrogen-bond donors (Lipinski definition) is 1. The van der Waals surface area contributed by atoms with Crippen LogP contribution < -0.4 is 15.0 Å². The van der Waals surface area contributed by atoms with Crippen molar-refractivity contribution in [3.8, 4) is 5.75 Å². The van der Waals surface area contributed by atoms with Crippen molar-refractivity contribution in [2.75, 3.05) is 4.90 Å². The second-order valence-electron chi connectivity index (χ2n) is 9.57. The second-order valence-corrected chi connectivity index (χ2v) is 9.57. The minimum atomic E-state index is -2.87. The van der Waals surface area contributed by atoms with Crippen LogP contribution in [0.25, 0.3) is 0 Å². The van der Waals surface area contributed by atoms with E-state index in [0.717, 1.165) is 48.6 Å². The van der Waals surface area contributed by atoms with Crippen LogP contribution in [0, 0.1) is 0 Å². The van der Waals surface area contributed by atoms with Gasteiger partial charge in [-0.15, -0.1) is 0 Å². The summed E-state index contributed by atoms with van der Waals surface area (Å²) in [5.74, 6) is 1.04. The molecule has 0 spiro atoms. The number of aromatic nitrogens is 2. The van der Waals surface area contributed by atoms with Gasteiger partial charge in [0.2, 0.25) is 0 Å². The monoisotopic (exact) mass is 514 g/mol. The highest BCUT2D eigenvalue weighted by Gasteiger charge is 2.18. The average Bonchev–Trinajstić information content (AvgIpc) is 2.94. The maximum Gasteiger partial charge on any atom is 0.387 e. The molecule has 2 heterocycles. The average molecular weight is 515 g/mol. The van der Waals surface area contributed by atoms with Crippen molar-refractivity contribution in [2.24, 2.45) is 0 Å². The lowest BCUT2D eigenvalue weighted by molar-refractivity contribution is -0.0504. The Labute approximate surface area is 222 Å². The number of para-hydroxylation sites is 1. The zero-order chi connectivity index (χ0) is 26.2. The van der Waals surface area contributed by atoms with Crippen LogP contribution in [0.4, 0.5) is 14.6 Å². The summed E-state index contributed by atoms with van der Waals surface area (Å²) in [4.78, 5) is 11.5. The molecule has 0 saturated heterocycles. The predicted molar refractivity (Wildman–Crippen MR) is 145 cm³/mol. The zero-order valence-corrected chi connectivity index (χ0v) is 21.3. The molecule has 196 valence electrons. The largest absolute Gasteiger partial charge is 0.434 e. The molecule has 0 aliphatic heterocycles. The summed E-state index contributed by atoms with van der Waals surface area (Å²) in [6.07, 6.45) is 6.17. The molecule has 2 aromatic carbocycles. The maximum absolute atomic E-state index is 13.1. The first-order chi connectivity index (χ1) is 18.6. The molecule has 38 heavy (non-hydrogen) atoms. The minimum absolute atomic E-state index is 0.194. The fourth-order valence-electron chi connectivity index (χ4n) is 4.84. The SMILES string of the molecule is FC(F)Oc1ccccc1CN(Cc1ccc(CNCc2ccccn2)cc1)c1ccc2c(n1)CCCC2. The van der Waals surface area contributed by atoms with Gasteiger partial charge < -0.3 is 15.0 Å². The molecule has 4 aromatic rings. The number of nitrogens with zero attached hydrogens (tertiary/aromatic N) is 3. The number of halogens is 2. The normalized spacial score (nSPS) is 12.8. The molecule has 0 saturated carbocycles. The number of ether oxygens (including phenoxy) is 1. The van der Waals surface area contributed by atoms with E-state index >= 15 is 0 Å². The van der Waals surface area contributed by atoms with Crippen molar-refractivity contribution >= 4 is 5.82 Å². The quantitative estimate of drug-likeness (QED) is 0.249. The molecule has 5 nitrogen and oxygen atoms in total. The van der Waals surface area contributed by atoms with E-state index in [0.29, 0.717) is 25.2 Å². The van der Waals surface area contributed by atoms with E-state index in [1.807, 2.05) is 30.3 Å². The number of rotatable bonds is 11. The van der Waals surface area contributed by atoms with Crippen LogP contribution in [0.15, 0.2) is 85.1 Å². The first-order valence-electron chi connectivity index (χ1n) is 13.1. The smallest absolute Gasteiger partial charge is 0.387 e. The third-order valence-corrected chi connectivity index (χ3v) is 6.80. The summed E-state index contributed by atoms with van der Waals surface area (Å²) in [6.45, 7) is -0.421. The van der Waals surface area contributed by atoms with Crippen LogP contribution in [0.1, 0.15) is 46.5 Å². The van der Waals surface area contributed by atoms with Crippen molar-refractivity contribution in [3.63, 3.8) is 0 Å². The van der Waals surface area contributed by atoms with E-state index in [-0.39, 0.29) is 5.75 Å². The molecule has 5 rings (SSSR count). The fraction of sp³-hybridized carbons (Fsp3) is 0.290. The van der Waals surface area contributed by atoms with Crippen LogP contribution >= 0.6 is 0 Å². The summed E-state index contributed by atoms with van der Waals surface area (Å²) < 4.78 is 30.9. The lowest BCUT2D eigenvalue weighted by atomic mass is 9.96. The molecule has 0 amide bonds. The Kier molecular flexibility index (Phi) is 8.56. The molecule has 1 N–H and O–H groups in total. The van der Waals surface area contributed by atoms with Crippen molar-refractivity contribution in [3.05, 3.63) is 119 Å². The minimum Gasteiger partial charge on any atom is -0.434 e. The highest BCUT2D eigenvalue weighted by Crippen LogP contribution is 2.28. The van der Waals surface area contributed by atoms with Crippen molar-refractivity contribution < 1.29 is 13.5 Å². The van der Waals surface area contributed by atoms with E-state index in [1.54, 1.807) is 18.3 Å². The summed E-state index contributed by atoms with van der Waals surface area (Å²) in [7, 11) is 0. The van der Waals surface area contributed by atoms with E-state index in [1.165, 1.54) is 17.5 Å². The van der Waals surface area contributed by atoms with Crippen molar-refractivity contribution in [1.82, 2.24) is 15.3 Å². The molecule has 0 radical (unpaired) electrons. The molecule has 2 aromatic heterocycles. The number of anilines is 1. The Balaban J connectivity index is 1.32. The number of aryl methyl sites for hydroxylation is 2. The summed E-state index contributed by atoms with van der Waals surface area (Å²) in [5, 5.41) is 3.43. The highest BCUT2D eigenvalue weighted by molar-refractivity contribution is 5.46. The van der Waals surface area contributed by atoms with Gasteiger partial charge in [0.1, 0.15) is 11.6 Å². The van der Waals surface area contributed by atoms with Crippen LogP contribution in [-0.4, -0.2) is 16.6 Å². The van der Waals surface area contributed by atoms with E-state index in [4.69, 9.17) is 9.72 Å². The third-order valence-electron chi connectivity index (χ3n) is 6.80. The van der Waals surface area contributed by atoms with Crippen LogP contribution in [0.3, 0.4) is 0 Å². The van der Waals surface area contributed by atoms with Gasteiger partial charge in [-0.1, -0.05) is 54.6 Å². The van der Waals surface area contributed by atoms with Crippen LogP contribution in [-0.2, 0) is 39.0 Å². The molecule has 1 aliphatic rings. The Hall–Kier alpha value is -3.84. The van der Waals surface area contributed by atoms with Gasteiger partial charge in [-0.3, -0.25) is 4.98 Å². The van der Waals surface area contributed by atoms with Gasteiger partial charge >= 0.3 is 6.61 Å². The molecular formula is C31H32F2N4O. The molecule has 0 atom stereocenters. The van der Waals surface area contributed by atoms with Gasteiger partial charge in [0, 0.05) is 43.6 Å². The summed E-state index contributed by atoms with van der Waals surface area (Å²) in [6, 6.07) is 25.6. The van der Waals surface area contributed by atoms with Crippen LogP contribution in [0.2, 0.25) is 0 Å². The van der Waals surface area contributed by atoms with Crippen LogP contribution in [0.5, 0.6) is 5.75 Å². The first kappa shape index (κ1) is 25.8. The number of benzene rings is 2. The predicted octanol–water partition coefficient (Wildman–Crippen LogP) is 6.45. The Bertz CT molecular complexity index is 1320.